The maximum Gasteiger partial charge on any atom is 0.269 e. The van der Waals surface area contributed by atoms with Gasteiger partial charge in [0, 0.05) is 35.7 Å². The number of benzene rings is 1. The quantitative estimate of drug-likeness (QED) is 0.275. The van der Waals surface area contributed by atoms with Crippen LogP contribution in [0.25, 0.3) is 11.1 Å². The Morgan fingerprint density at radius 2 is 1.87 bits per heavy atom. The molecule has 0 fully saturated rings. The van der Waals surface area contributed by atoms with Gasteiger partial charge in [-0.05, 0) is 29.8 Å². The molecule has 3 rings (SSSR count). The lowest BCUT2D eigenvalue weighted by atomic mass is 9.97. The second kappa shape index (κ2) is 8.82. The number of aromatic nitrogens is 2. The van der Waals surface area contributed by atoms with Crippen molar-refractivity contribution in [2.75, 3.05) is 11.5 Å². The first-order valence-electron chi connectivity index (χ1n) is 8.40. The number of non-ortho nitro benzene ring substituents is 1. The van der Waals surface area contributed by atoms with Crippen LogP contribution in [0.3, 0.4) is 0 Å². The number of Topliss-reactive ketones (excluding diaryl/α,β-unsaturated/α-hetero) is 1. The summed E-state index contributed by atoms with van der Waals surface area (Å²) in [5.41, 5.74) is 6.90. The molecule has 0 atom stereocenters. The maximum absolute atomic E-state index is 12.4. The molecule has 0 radical (unpaired) electrons. The molecule has 1 aromatic carbocycles. The van der Waals surface area contributed by atoms with Crippen molar-refractivity contribution in [3.05, 3.63) is 75.6 Å². The Hall–Kier alpha value is -4.28. The number of hydrogen-bond acceptors (Lipinski definition) is 9. The van der Waals surface area contributed by atoms with Gasteiger partial charge >= 0.3 is 0 Å². The second-order valence-electron chi connectivity index (χ2n) is 5.91. The fourth-order valence-corrected chi connectivity index (χ4v) is 3.58. The number of thioether (sulfide) groups is 1. The van der Waals surface area contributed by atoms with Crippen LogP contribution in [0, 0.1) is 32.8 Å². The third kappa shape index (κ3) is 4.09. The first-order valence-corrected chi connectivity index (χ1v) is 9.39. The Morgan fingerprint density at radius 3 is 2.43 bits per heavy atom. The van der Waals surface area contributed by atoms with E-state index >= 15 is 0 Å². The monoisotopic (exact) mass is 416 g/mol. The zero-order valence-electron chi connectivity index (χ0n) is 15.3. The first kappa shape index (κ1) is 20.5. The zero-order chi connectivity index (χ0) is 21.7. The second-order valence-corrected chi connectivity index (χ2v) is 6.87. The summed E-state index contributed by atoms with van der Waals surface area (Å²) in [6.07, 6.45) is 2.99. The van der Waals surface area contributed by atoms with Crippen LogP contribution in [0.1, 0.15) is 21.5 Å². The predicted molar refractivity (Wildman–Crippen MR) is 109 cm³/mol. The number of pyridine rings is 2. The number of carbonyl (C=O) groups is 1. The molecule has 0 amide bonds. The molecule has 0 saturated carbocycles. The molecular formula is C20H12N6O3S. The molecule has 2 N–H and O–H groups in total. The van der Waals surface area contributed by atoms with Crippen LogP contribution in [-0.4, -0.2) is 26.4 Å². The normalized spacial score (nSPS) is 10.1. The Morgan fingerprint density at radius 1 is 1.17 bits per heavy atom. The van der Waals surface area contributed by atoms with E-state index in [1.165, 1.54) is 30.5 Å². The summed E-state index contributed by atoms with van der Waals surface area (Å²) in [4.78, 5) is 30.7. The molecule has 3 aromatic rings. The Bertz CT molecular complexity index is 1210. The smallest absolute Gasteiger partial charge is 0.269 e. The van der Waals surface area contributed by atoms with E-state index in [1.807, 2.05) is 12.1 Å². The molecule has 0 spiro atoms. The van der Waals surface area contributed by atoms with Gasteiger partial charge in [-0.1, -0.05) is 11.8 Å². The van der Waals surface area contributed by atoms with Crippen molar-refractivity contribution in [1.29, 1.82) is 10.5 Å². The predicted octanol–water partition coefficient (Wildman–Crippen LogP) is 3.35. The van der Waals surface area contributed by atoms with Crippen LogP contribution >= 0.6 is 11.8 Å². The summed E-state index contributed by atoms with van der Waals surface area (Å²) in [6, 6.07) is 12.6. The van der Waals surface area contributed by atoms with Crippen molar-refractivity contribution in [3.8, 4) is 23.3 Å². The highest BCUT2D eigenvalue weighted by molar-refractivity contribution is 8.00. The number of nitro groups is 1. The molecule has 9 nitrogen and oxygen atoms in total. The van der Waals surface area contributed by atoms with E-state index in [-0.39, 0.29) is 44.8 Å². The van der Waals surface area contributed by atoms with Gasteiger partial charge in [-0.25, -0.2) is 4.98 Å². The summed E-state index contributed by atoms with van der Waals surface area (Å²) < 4.78 is 0. The van der Waals surface area contributed by atoms with Crippen LogP contribution < -0.4 is 5.73 Å². The number of ketones is 1. The molecule has 0 aliphatic heterocycles. The van der Waals surface area contributed by atoms with Gasteiger partial charge < -0.3 is 5.73 Å². The van der Waals surface area contributed by atoms with Gasteiger partial charge in [0.2, 0.25) is 0 Å². The van der Waals surface area contributed by atoms with Gasteiger partial charge in [0.05, 0.1) is 16.2 Å². The van der Waals surface area contributed by atoms with E-state index in [0.29, 0.717) is 11.1 Å². The fourth-order valence-electron chi connectivity index (χ4n) is 2.69. The minimum atomic E-state index is -0.549. The molecule has 0 saturated heterocycles. The summed E-state index contributed by atoms with van der Waals surface area (Å²) >= 11 is 1.02. The largest absolute Gasteiger partial charge is 0.383 e. The number of nitriles is 2. The Balaban J connectivity index is 2.03. The van der Waals surface area contributed by atoms with Crippen LogP contribution in [0.5, 0.6) is 0 Å². The summed E-state index contributed by atoms with van der Waals surface area (Å²) in [5.74, 6) is -0.321. The minimum Gasteiger partial charge on any atom is -0.383 e. The van der Waals surface area contributed by atoms with E-state index in [1.54, 1.807) is 18.3 Å². The van der Waals surface area contributed by atoms with Crippen LogP contribution in [0.15, 0.2) is 53.8 Å². The lowest BCUT2D eigenvalue weighted by Gasteiger charge is -2.12. The standard InChI is InChI=1S/C20H12N6O3S/c21-8-15-18(12-3-5-14(6-4-12)26(28)29)16(9-22)20(25-19(15)23)30-11-17(27)13-2-1-7-24-10-13/h1-7,10H,11H2,(H2,23,25). The first-order chi connectivity index (χ1) is 14.5. The third-order valence-electron chi connectivity index (χ3n) is 4.11. The van der Waals surface area contributed by atoms with E-state index in [9.17, 15) is 25.4 Å². The van der Waals surface area contributed by atoms with E-state index in [4.69, 9.17) is 5.73 Å². The molecule has 2 aromatic heterocycles. The van der Waals surface area contributed by atoms with E-state index in [0.717, 1.165) is 11.8 Å². The number of anilines is 1. The van der Waals surface area contributed by atoms with Gasteiger partial charge in [-0.3, -0.25) is 19.9 Å². The van der Waals surface area contributed by atoms with Crippen molar-refractivity contribution in [2.24, 2.45) is 0 Å². The number of rotatable bonds is 6. The molecular weight excluding hydrogens is 404 g/mol. The van der Waals surface area contributed by atoms with Gasteiger partial charge in [0.25, 0.3) is 5.69 Å². The molecule has 2 heterocycles. The lowest BCUT2D eigenvalue weighted by Crippen LogP contribution is -2.06. The van der Waals surface area contributed by atoms with Crippen molar-refractivity contribution < 1.29 is 9.72 Å². The summed E-state index contributed by atoms with van der Waals surface area (Å²) in [6.45, 7) is 0. The Kier molecular flexibility index (Phi) is 6.01. The third-order valence-corrected chi connectivity index (χ3v) is 5.08. The Labute approximate surface area is 175 Å². The van der Waals surface area contributed by atoms with Crippen LogP contribution in [-0.2, 0) is 0 Å². The van der Waals surface area contributed by atoms with Gasteiger partial charge in [0.1, 0.15) is 28.5 Å². The molecule has 0 bridgehead atoms. The summed E-state index contributed by atoms with van der Waals surface area (Å²) in [5, 5.41) is 30.4. The zero-order valence-corrected chi connectivity index (χ0v) is 16.1. The number of hydrogen-bond donors (Lipinski definition) is 1. The SMILES string of the molecule is N#Cc1c(N)nc(SCC(=O)c2cccnc2)c(C#N)c1-c1ccc([N+](=O)[O-])cc1. The van der Waals surface area contributed by atoms with Gasteiger partial charge in [0.15, 0.2) is 5.78 Å². The van der Waals surface area contributed by atoms with Crippen molar-refractivity contribution in [2.45, 2.75) is 5.03 Å². The highest BCUT2D eigenvalue weighted by Crippen LogP contribution is 2.36. The minimum absolute atomic E-state index is 0.0108. The average Bonchev–Trinajstić information content (AvgIpc) is 2.77. The van der Waals surface area contributed by atoms with Crippen molar-refractivity contribution in [1.82, 2.24) is 9.97 Å². The lowest BCUT2D eigenvalue weighted by molar-refractivity contribution is -0.384. The highest BCUT2D eigenvalue weighted by Gasteiger charge is 2.22. The topological polar surface area (TPSA) is 160 Å². The number of nitrogen functional groups attached to an aromatic ring is 1. The molecule has 0 aliphatic rings. The van der Waals surface area contributed by atoms with Gasteiger partial charge in [-0.15, -0.1) is 0 Å². The van der Waals surface area contributed by atoms with Crippen LogP contribution in [0.2, 0.25) is 0 Å². The number of nitrogens with zero attached hydrogens (tertiary/aromatic N) is 5. The molecule has 10 heteroatoms. The maximum atomic E-state index is 12.4. The fraction of sp³-hybridized carbons (Fsp3) is 0.0500. The average molecular weight is 416 g/mol. The molecule has 146 valence electrons. The number of nitrogens with two attached hydrogens (primary N) is 1. The van der Waals surface area contributed by atoms with Crippen LogP contribution in [0.4, 0.5) is 11.5 Å². The molecule has 0 unspecified atom stereocenters. The molecule has 0 aliphatic carbocycles. The number of nitro benzene ring substituents is 1. The van der Waals surface area contributed by atoms with Crippen molar-refractivity contribution in [3.63, 3.8) is 0 Å². The molecule has 30 heavy (non-hydrogen) atoms. The summed E-state index contributed by atoms with van der Waals surface area (Å²) in [7, 11) is 0. The number of carbonyl (C=O) groups excluding carboxylic acids is 1. The van der Waals surface area contributed by atoms with Gasteiger partial charge in [-0.2, -0.15) is 10.5 Å². The highest BCUT2D eigenvalue weighted by atomic mass is 32.2. The van der Waals surface area contributed by atoms with E-state index < -0.39 is 4.92 Å². The van der Waals surface area contributed by atoms with E-state index in [2.05, 4.69) is 9.97 Å². The van der Waals surface area contributed by atoms with Crippen molar-refractivity contribution >= 4 is 29.1 Å².